The van der Waals surface area contributed by atoms with Crippen LogP contribution in [0, 0.1) is 5.41 Å². The smallest absolute Gasteiger partial charge is 0.161 e. The molecule has 1 aromatic rings. The quantitative estimate of drug-likeness (QED) is 0.873. The van der Waals surface area contributed by atoms with E-state index in [4.69, 9.17) is 9.47 Å². The second kappa shape index (κ2) is 5.19. The van der Waals surface area contributed by atoms with Crippen LogP contribution >= 0.6 is 0 Å². The molecular formula is C15H22O3. The van der Waals surface area contributed by atoms with E-state index in [1.54, 1.807) is 0 Å². The van der Waals surface area contributed by atoms with E-state index in [0.717, 1.165) is 17.9 Å². The van der Waals surface area contributed by atoms with Crippen LogP contribution in [-0.4, -0.2) is 23.9 Å². The number of hydrogen-bond acceptors (Lipinski definition) is 3. The van der Waals surface area contributed by atoms with Gasteiger partial charge in [-0.3, -0.25) is 0 Å². The number of ether oxygens (including phenoxy) is 2. The van der Waals surface area contributed by atoms with Gasteiger partial charge in [0.1, 0.15) is 6.10 Å². The van der Waals surface area contributed by atoms with E-state index in [2.05, 4.69) is 13.8 Å². The van der Waals surface area contributed by atoms with Crippen molar-refractivity contribution in [3.05, 3.63) is 24.3 Å². The summed E-state index contributed by atoms with van der Waals surface area (Å²) in [6.07, 6.45) is 1.42. The van der Waals surface area contributed by atoms with Gasteiger partial charge in [-0.15, -0.1) is 0 Å². The van der Waals surface area contributed by atoms with Crippen LogP contribution in [0.2, 0.25) is 0 Å². The monoisotopic (exact) mass is 250 g/mol. The molecule has 1 N–H and O–H groups in total. The molecule has 1 aromatic carbocycles. The van der Waals surface area contributed by atoms with Crippen LogP contribution in [0.4, 0.5) is 0 Å². The normalized spacial score (nSPS) is 30.7. The zero-order valence-electron chi connectivity index (χ0n) is 11.3. The Balaban J connectivity index is 2.11. The van der Waals surface area contributed by atoms with Crippen LogP contribution in [0.25, 0.3) is 0 Å². The van der Waals surface area contributed by atoms with Gasteiger partial charge in [0.15, 0.2) is 11.5 Å². The third-order valence-corrected chi connectivity index (χ3v) is 4.11. The highest BCUT2D eigenvalue weighted by molar-refractivity contribution is 5.40. The van der Waals surface area contributed by atoms with E-state index in [9.17, 15) is 5.11 Å². The summed E-state index contributed by atoms with van der Waals surface area (Å²) in [6.45, 7) is 6.75. The molecule has 3 heteroatoms. The SMILES string of the molecule is CCOc1ccccc1OC1CC(O)C1(C)CC. The average molecular weight is 250 g/mol. The van der Waals surface area contributed by atoms with Crippen LogP contribution in [-0.2, 0) is 0 Å². The highest BCUT2D eigenvalue weighted by Crippen LogP contribution is 2.46. The molecule has 0 radical (unpaired) electrons. The van der Waals surface area contributed by atoms with Crippen molar-refractivity contribution in [2.75, 3.05) is 6.61 Å². The molecule has 1 aliphatic carbocycles. The maximum Gasteiger partial charge on any atom is 0.161 e. The van der Waals surface area contributed by atoms with Gasteiger partial charge in [0.2, 0.25) is 0 Å². The Labute approximate surface area is 109 Å². The van der Waals surface area contributed by atoms with Gasteiger partial charge in [-0.25, -0.2) is 0 Å². The Morgan fingerprint density at radius 1 is 1.28 bits per heavy atom. The first kappa shape index (κ1) is 13.2. The number of benzene rings is 1. The van der Waals surface area contributed by atoms with Gasteiger partial charge < -0.3 is 14.6 Å². The van der Waals surface area contributed by atoms with Gasteiger partial charge >= 0.3 is 0 Å². The summed E-state index contributed by atoms with van der Waals surface area (Å²) in [5.41, 5.74) is -0.140. The Kier molecular flexibility index (Phi) is 3.81. The van der Waals surface area contributed by atoms with Gasteiger partial charge in [-0.2, -0.15) is 0 Å². The van der Waals surface area contributed by atoms with Gasteiger partial charge in [-0.1, -0.05) is 26.0 Å². The maximum absolute atomic E-state index is 9.88. The fourth-order valence-corrected chi connectivity index (χ4v) is 2.42. The molecule has 2 rings (SSSR count). The molecule has 1 aliphatic rings. The predicted octanol–water partition coefficient (Wildman–Crippen LogP) is 3.01. The minimum Gasteiger partial charge on any atom is -0.490 e. The number of aliphatic hydroxyl groups is 1. The highest BCUT2D eigenvalue weighted by Gasteiger charge is 2.51. The van der Waals surface area contributed by atoms with Crippen molar-refractivity contribution in [3.63, 3.8) is 0 Å². The molecule has 0 heterocycles. The Morgan fingerprint density at radius 2 is 1.94 bits per heavy atom. The van der Waals surface area contributed by atoms with E-state index in [0.29, 0.717) is 13.0 Å². The van der Waals surface area contributed by atoms with Crippen molar-refractivity contribution < 1.29 is 14.6 Å². The molecule has 0 bridgehead atoms. The molecule has 0 saturated heterocycles. The lowest BCUT2D eigenvalue weighted by atomic mass is 9.63. The fourth-order valence-electron chi connectivity index (χ4n) is 2.42. The van der Waals surface area contributed by atoms with Crippen molar-refractivity contribution in [3.8, 4) is 11.5 Å². The second-order valence-corrected chi connectivity index (χ2v) is 5.10. The summed E-state index contributed by atoms with van der Waals surface area (Å²) in [5.74, 6) is 1.55. The Morgan fingerprint density at radius 3 is 2.50 bits per heavy atom. The molecule has 3 atom stereocenters. The van der Waals surface area contributed by atoms with Gasteiger partial charge in [0.25, 0.3) is 0 Å². The number of aliphatic hydroxyl groups excluding tert-OH is 1. The zero-order valence-corrected chi connectivity index (χ0v) is 11.3. The molecule has 0 aliphatic heterocycles. The van der Waals surface area contributed by atoms with Crippen LogP contribution in [0.1, 0.15) is 33.6 Å². The summed E-state index contributed by atoms with van der Waals surface area (Å²) in [7, 11) is 0. The summed E-state index contributed by atoms with van der Waals surface area (Å²) in [6, 6.07) is 7.71. The molecule has 100 valence electrons. The van der Waals surface area contributed by atoms with Gasteiger partial charge in [-0.05, 0) is 25.5 Å². The number of hydrogen-bond donors (Lipinski definition) is 1. The second-order valence-electron chi connectivity index (χ2n) is 5.10. The lowest BCUT2D eigenvalue weighted by Gasteiger charge is -2.50. The first-order chi connectivity index (χ1) is 8.61. The minimum absolute atomic E-state index is 0.0686. The lowest BCUT2D eigenvalue weighted by Crippen LogP contribution is -2.57. The summed E-state index contributed by atoms with van der Waals surface area (Å²) in [5, 5.41) is 9.88. The van der Waals surface area contributed by atoms with E-state index in [1.807, 2.05) is 31.2 Å². The lowest BCUT2D eigenvalue weighted by molar-refractivity contribution is -0.147. The Bertz CT molecular complexity index is 404. The molecule has 0 spiro atoms. The molecule has 3 unspecified atom stereocenters. The van der Waals surface area contributed by atoms with E-state index < -0.39 is 0 Å². The van der Waals surface area contributed by atoms with E-state index >= 15 is 0 Å². The Hall–Kier alpha value is -1.22. The topological polar surface area (TPSA) is 38.7 Å². The predicted molar refractivity (Wildman–Crippen MR) is 71.0 cm³/mol. The van der Waals surface area contributed by atoms with E-state index in [-0.39, 0.29) is 17.6 Å². The van der Waals surface area contributed by atoms with Crippen molar-refractivity contribution in [1.29, 1.82) is 0 Å². The zero-order chi connectivity index (χ0) is 13.2. The first-order valence-corrected chi connectivity index (χ1v) is 6.68. The van der Waals surface area contributed by atoms with Crippen molar-refractivity contribution in [1.82, 2.24) is 0 Å². The van der Waals surface area contributed by atoms with Crippen LogP contribution in [0.3, 0.4) is 0 Å². The number of para-hydroxylation sites is 2. The summed E-state index contributed by atoms with van der Waals surface area (Å²) < 4.78 is 11.6. The largest absolute Gasteiger partial charge is 0.490 e. The van der Waals surface area contributed by atoms with Crippen molar-refractivity contribution in [2.45, 2.75) is 45.8 Å². The molecule has 3 nitrogen and oxygen atoms in total. The van der Waals surface area contributed by atoms with Crippen LogP contribution in [0.5, 0.6) is 11.5 Å². The highest BCUT2D eigenvalue weighted by atomic mass is 16.5. The number of rotatable bonds is 5. The van der Waals surface area contributed by atoms with Crippen molar-refractivity contribution in [2.24, 2.45) is 5.41 Å². The minimum atomic E-state index is -0.258. The van der Waals surface area contributed by atoms with Gasteiger partial charge in [0, 0.05) is 11.8 Å². The first-order valence-electron chi connectivity index (χ1n) is 6.68. The fraction of sp³-hybridized carbons (Fsp3) is 0.600. The molecule has 18 heavy (non-hydrogen) atoms. The standard InChI is InChI=1S/C15H22O3/c1-4-15(3)13(16)10-14(15)18-12-9-7-6-8-11(12)17-5-2/h6-9,13-14,16H,4-5,10H2,1-3H3. The van der Waals surface area contributed by atoms with Crippen LogP contribution < -0.4 is 9.47 Å². The summed E-state index contributed by atoms with van der Waals surface area (Å²) >= 11 is 0. The van der Waals surface area contributed by atoms with E-state index in [1.165, 1.54) is 0 Å². The molecule has 1 fully saturated rings. The van der Waals surface area contributed by atoms with Gasteiger partial charge in [0.05, 0.1) is 12.7 Å². The third-order valence-electron chi connectivity index (χ3n) is 4.11. The molecule has 0 amide bonds. The van der Waals surface area contributed by atoms with Crippen LogP contribution in [0.15, 0.2) is 24.3 Å². The maximum atomic E-state index is 9.88. The molecular weight excluding hydrogens is 228 g/mol. The molecule has 1 saturated carbocycles. The summed E-state index contributed by atoms with van der Waals surface area (Å²) in [4.78, 5) is 0. The average Bonchev–Trinajstić information content (AvgIpc) is 2.39. The molecule has 0 aromatic heterocycles. The van der Waals surface area contributed by atoms with Crippen molar-refractivity contribution >= 4 is 0 Å². The third kappa shape index (κ3) is 2.19.